The van der Waals surface area contributed by atoms with Crippen molar-refractivity contribution in [2.24, 2.45) is 5.90 Å². The highest BCUT2D eigenvalue weighted by atomic mass is 16.6. The van der Waals surface area contributed by atoms with Crippen molar-refractivity contribution in [2.75, 3.05) is 0 Å². The Balaban J connectivity index is 3.06. The van der Waals surface area contributed by atoms with Crippen LogP contribution in [0.2, 0.25) is 0 Å². The highest BCUT2D eigenvalue weighted by Gasteiger charge is 2.15. The molecule has 0 atom stereocenters. The van der Waals surface area contributed by atoms with Gasteiger partial charge in [-0.3, -0.25) is 4.84 Å². The van der Waals surface area contributed by atoms with Crippen LogP contribution in [0.15, 0.2) is 0 Å². The van der Waals surface area contributed by atoms with E-state index in [0.717, 1.165) is 6.42 Å². The van der Waals surface area contributed by atoms with Gasteiger partial charge in [0, 0.05) is 0 Å². The third-order valence-corrected chi connectivity index (χ3v) is 4.20. The lowest BCUT2D eigenvalue weighted by atomic mass is 9.99. The first kappa shape index (κ1) is 19.9. The molecule has 122 valence electrons. The zero-order valence-electron chi connectivity index (χ0n) is 14.4. The first-order valence-corrected chi connectivity index (χ1v) is 9.00. The fraction of sp³-hybridized carbons (Fsp3) is 1.00. The summed E-state index contributed by atoms with van der Waals surface area (Å²) in [7, 11) is 0. The lowest BCUT2D eigenvalue weighted by Gasteiger charge is -2.21. The van der Waals surface area contributed by atoms with Crippen LogP contribution < -0.4 is 5.90 Å². The highest BCUT2D eigenvalue weighted by molar-refractivity contribution is 4.66. The lowest BCUT2D eigenvalue weighted by molar-refractivity contribution is -0.0269. The Labute approximate surface area is 127 Å². The van der Waals surface area contributed by atoms with Crippen LogP contribution >= 0.6 is 0 Å². The summed E-state index contributed by atoms with van der Waals surface area (Å²) in [6.07, 6.45) is 19.3. The molecule has 0 saturated carbocycles. The van der Waals surface area contributed by atoms with E-state index in [1.165, 1.54) is 83.5 Å². The van der Waals surface area contributed by atoms with Crippen LogP contribution in [0.1, 0.15) is 111 Å². The maximum atomic E-state index is 5.25. The van der Waals surface area contributed by atoms with Gasteiger partial charge in [0.2, 0.25) is 0 Å². The first-order valence-electron chi connectivity index (χ1n) is 9.00. The van der Waals surface area contributed by atoms with Gasteiger partial charge in [-0.1, -0.05) is 90.4 Å². The molecule has 0 aromatic carbocycles. The number of unbranched alkanes of at least 4 members (excludes halogenated alkanes) is 12. The minimum atomic E-state index is -0.141. The molecule has 0 aliphatic carbocycles. The van der Waals surface area contributed by atoms with E-state index in [1.54, 1.807) is 0 Å². The van der Waals surface area contributed by atoms with E-state index in [2.05, 4.69) is 20.8 Å². The molecule has 0 unspecified atom stereocenters. The summed E-state index contributed by atoms with van der Waals surface area (Å²) in [4.78, 5) is 4.94. The van der Waals surface area contributed by atoms with Crippen molar-refractivity contribution in [2.45, 2.75) is 116 Å². The van der Waals surface area contributed by atoms with Crippen molar-refractivity contribution in [1.82, 2.24) is 0 Å². The highest BCUT2D eigenvalue weighted by Crippen LogP contribution is 2.18. The molecule has 0 aliphatic rings. The number of hydrogen-bond donors (Lipinski definition) is 1. The fourth-order valence-corrected chi connectivity index (χ4v) is 2.63. The second-order valence-electron chi connectivity index (χ2n) is 6.87. The van der Waals surface area contributed by atoms with Gasteiger partial charge in [-0.15, -0.1) is 0 Å². The fourth-order valence-electron chi connectivity index (χ4n) is 2.63. The zero-order valence-corrected chi connectivity index (χ0v) is 14.4. The Morgan fingerprint density at radius 3 is 1.35 bits per heavy atom. The van der Waals surface area contributed by atoms with E-state index in [-0.39, 0.29) is 5.60 Å². The molecule has 0 amide bonds. The molecule has 0 rings (SSSR count). The molecule has 0 aromatic heterocycles. The second-order valence-corrected chi connectivity index (χ2v) is 6.87. The number of nitrogens with two attached hydrogens (primary N) is 1. The van der Waals surface area contributed by atoms with E-state index < -0.39 is 0 Å². The van der Waals surface area contributed by atoms with Crippen LogP contribution in [-0.4, -0.2) is 5.60 Å². The molecule has 0 saturated heterocycles. The summed E-state index contributed by atoms with van der Waals surface area (Å²) >= 11 is 0. The van der Waals surface area contributed by atoms with Gasteiger partial charge in [-0.25, -0.2) is 5.90 Å². The second kappa shape index (κ2) is 13.9. The van der Waals surface area contributed by atoms with Crippen molar-refractivity contribution in [3.63, 3.8) is 0 Å². The van der Waals surface area contributed by atoms with Crippen LogP contribution in [0, 0.1) is 0 Å². The molecule has 0 aromatic rings. The van der Waals surface area contributed by atoms with E-state index in [9.17, 15) is 0 Å². The number of rotatable bonds is 15. The first-order chi connectivity index (χ1) is 9.62. The summed E-state index contributed by atoms with van der Waals surface area (Å²) in [5.74, 6) is 5.25. The maximum Gasteiger partial charge on any atom is 0.0838 e. The minimum Gasteiger partial charge on any atom is -0.299 e. The molecule has 0 radical (unpaired) electrons. The Kier molecular flexibility index (Phi) is 13.8. The van der Waals surface area contributed by atoms with Gasteiger partial charge in [-0.2, -0.15) is 0 Å². The third-order valence-electron chi connectivity index (χ3n) is 4.20. The normalized spacial score (nSPS) is 12.0. The smallest absolute Gasteiger partial charge is 0.0838 e. The van der Waals surface area contributed by atoms with Crippen molar-refractivity contribution in [3.05, 3.63) is 0 Å². The van der Waals surface area contributed by atoms with Gasteiger partial charge in [0.1, 0.15) is 0 Å². The predicted octanol–water partition coefficient (Wildman–Crippen LogP) is 6.14. The average molecular weight is 286 g/mol. The van der Waals surface area contributed by atoms with E-state index in [0.29, 0.717) is 0 Å². The maximum absolute atomic E-state index is 5.25. The van der Waals surface area contributed by atoms with Crippen molar-refractivity contribution < 1.29 is 4.84 Å². The van der Waals surface area contributed by atoms with E-state index in [1.807, 2.05) is 0 Å². The van der Waals surface area contributed by atoms with Crippen LogP contribution in [0.4, 0.5) is 0 Å². The summed E-state index contributed by atoms with van der Waals surface area (Å²) in [6.45, 7) is 6.41. The molecular weight excluding hydrogens is 246 g/mol. The van der Waals surface area contributed by atoms with Crippen molar-refractivity contribution in [3.8, 4) is 0 Å². The summed E-state index contributed by atoms with van der Waals surface area (Å²) in [5, 5.41) is 0. The standard InChI is InChI=1S/C18H39NO/c1-4-5-6-7-8-9-10-11-12-13-14-15-16-17-18(2,3)20-19/h4-17,19H2,1-3H3. The molecule has 2 nitrogen and oxygen atoms in total. The Morgan fingerprint density at radius 2 is 1.00 bits per heavy atom. The molecule has 0 bridgehead atoms. The predicted molar refractivity (Wildman–Crippen MR) is 89.7 cm³/mol. The molecule has 0 aliphatic heterocycles. The van der Waals surface area contributed by atoms with Crippen molar-refractivity contribution in [1.29, 1.82) is 0 Å². The molecular formula is C18H39NO. The Bertz CT molecular complexity index is 192. The molecule has 2 heteroatoms. The largest absolute Gasteiger partial charge is 0.299 e. The molecule has 0 spiro atoms. The van der Waals surface area contributed by atoms with Gasteiger partial charge in [0.15, 0.2) is 0 Å². The molecule has 2 N–H and O–H groups in total. The molecule has 0 heterocycles. The van der Waals surface area contributed by atoms with Gasteiger partial charge in [0.05, 0.1) is 5.60 Å². The van der Waals surface area contributed by atoms with Crippen molar-refractivity contribution >= 4 is 0 Å². The van der Waals surface area contributed by atoms with E-state index >= 15 is 0 Å². The summed E-state index contributed by atoms with van der Waals surface area (Å²) in [5.41, 5.74) is -0.141. The average Bonchev–Trinajstić information content (AvgIpc) is 2.44. The molecule has 20 heavy (non-hydrogen) atoms. The van der Waals surface area contributed by atoms with Crippen LogP contribution in [0.3, 0.4) is 0 Å². The van der Waals surface area contributed by atoms with Gasteiger partial charge < -0.3 is 0 Å². The van der Waals surface area contributed by atoms with Crippen LogP contribution in [0.5, 0.6) is 0 Å². The lowest BCUT2D eigenvalue weighted by Crippen LogP contribution is -2.27. The van der Waals surface area contributed by atoms with E-state index in [4.69, 9.17) is 10.7 Å². The van der Waals surface area contributed by atoms with Gasteiger partial charge in [0.25, 0.3) is 0 Å². The minimum absolute atomic E-state index is 0.141. The topological polar surface area (TPSA) is 35.2 Å². The van der Waals surface area contributed by atoms with Gasteiger partial charge in [-0.05, 0) is 20.3 Å². The Hall–Kier alpha value is -0.0800. The SMILES string of the molecule is CCCCCCCCCCCCCCCC(C)(C)ON. The monoisotopic (exact) mass is 285 g/mol. The molecule has 0 fully saturated rings. The van der Waals surface area contributed by atoms with Crippen LogP contribution in [0.25, 0.3) is 0 Å². The zero-order chi connectivity index (χ0) is 15.1. The van der Waals surface area contributed by atoms with Gasteiger partial charge >= 0.3 is 0 Å². The third kappa shape index (κ3) is 14.3. The number of hydrogen-bond acceptors (Lipinski definition) is 2. The van der Waals surface area contributed by atoms with Crippen LogP contribution in [-0.2, 0) is 4.84 Å². The summed E-state index contributed by atoms with van der Waals surface area (Å²) < 4.78 is 0. The quantitative estimate of drug-likeness (QED) is 0.290. The summed E-state index contributed by atoms with van der Waals surface area (Å²) in [6, 6.07) is 0. The Morgan fingerprint density at radius 1 is 0.650 bits per heavy atom.